The third-order valence-electron chi connectivity index (χ3n) is 6.01. The molecule has 1 aliphatic rings. The summed E-state index contributed by atoms with van der Waals surface area (Å²) >= 11 is 18.9. The van der Waals surface area contributed by atoms with Crippen LogP contribution in [0.2, 0.25) is 15.1 Å². The van der Waals surface area contributed by atoms with Gasteiger partial charge in [0.15, 0.2) is 6.04 Å². The zero-order valence-electron chi connectivity index (χ0n) is 18.5. The predicted molar refractivity (Wildman–Crippen MR) is 137 cm³/mol. The molecule has 0 radical (unpaired) electrons. The molecule has 0 bridgehead atoms. The van der Waals surface area contributed by atoms with E-state index in [1.54, 1.807) is 12.1 Å². The maximum atomic E-state index is 6.58. The van der Waals surface area contributed by atoms with E-state index < -0.39 is 0 Å². The van der Waals surface area contributed by atoms with Gasteiger partial charge in [0.05, 0.1) is 17.0 Å². The van der Waals surface area contributed by atoms with Crippen LogP contribution in [0.1, 0.15) is 48.7 Å². The van der Waals surface area contributed by atoms with E-state index >= 15 is 0 Å². The van der Waals surface area contributed by atoms with Crippen molar-refractivity contribution in [2.24, 2.45) is 4.99 Å². The van der Waals surface area contributed by atoms with E-state index in [0.717, 1.165) is 16.8 Å². The molecule has 3 aromatic carbocycles. The number of hydrogen-bond acceptors (Lipinski definition) is 5. The summed E-state index contributed by atoms with van der Waals surface area (Å²) in [4.78, 5) is 7.12. The second kappa shape index (κ2) is 9.41. The fourth-order valence-corrected chi connectivity index (χ4v) is 4.77. The molecule has 4 aromatic rings. The predicted octanol–water partition coefficient (Wildman–Crippen LogP) is 7.58. The van der Waals surface area contributed by atoms with E-state index in [4.69, 9.17) is 44.2 Å². The van der Waals surface area contributed by atoms with Crippen molar-refractivity contribution in [2.45, 2.75) is 31.8 Å². The van der Waals surface area contributed by atoms with Crippen LogP contribution in [0.15, 0.2) is 82.2 Å². The molecule has 1 aromatic heterocycles. The second-order valence-corrected chi connectivity index (χ2v) is 9.50. The first kappa shape index (κ1) is 22.9. The summed E-state index contributed by atoms with van der Waals surface area (Å²) in [6.07, 6.45) is 0. The van der Waals surface area contributed by atoms with E-state index in [2.05, 4.69) is 22.0 Å². The summed E-state index contributed by atoms with van der Waals surface area (Å²) in [5.41, 5.74) is 2.81. The first-order chi connectivity index (χ1) is 16.4. The van der Waals surface area contributed by atoms with Crippen molar-refractivity contribution in [3.8, 4) is 0 Å². The van der Waals surface area contributed by atoms with Gasteiger partial charge >= 0.3 is 0 Å². The zero-order chi connectivity index (χ0) is 23.8. The van der Waals surface area contributed by atoms with Gasteiger partial charge in [0.1, 0.15) is 5.84 Å². The lowest BCUT2D eigenvalue weighted by atomic mass is 10.0. The standard InChI is InChI=1S/C26H21Cl3N4O/c1-15(17-6-4-3-5-7-17)25-31-32-26(34-25)23-16(2)33(20-11-8-18(27)9-12-20)24(30-23)21-13-10-19(28)14-22(21)29/h3-16,23H,1-2H3. The number of halogens is 3. The van der Waals surface area contributed by atoms with Gasteiger partial charge in [-0.15, -0.1) is 10.2 Å². The summed E-state index contributed by atoms with van der Waals surface area (Å²) in [6, 6.07) is 22.6. The highest BCUT2D eigenvalue weighted by atomic mass is 35.5. The Hall–Kier alpha value is -2.86. The van der Waals surface area contributed by atoms with Gasteiger partial charge in [-0.25, -0.2) is 0 Å². The summed E-state index contributed by atoms with van der Waals surface area (Å²) < 4.78 is 6.16. The first-order valence-electron chi connectivity index (χ1n) is 10.9. The fourth-order valence-electron chi connectivity index (χ4n) is 4.15. The number of anilines is 1. The quantitative estimate of drug-likeness (QED) is 0.277. The molecule has 0 N–H and O–H groups in total. The van der Waals surface area contributed by atoms with Crippen molar-refractivity contribution in [1.82, 2.24) is 10.2 Å². The molecule has 1 aliphatic heterocycles. The lowest BCUT2D eigenvalue weighted by molar-refractivity contribution is 0.398. The molecular weight excluding hydrogens is 491 g/mol. The van der Waals surface area contributed by atoms with Gasteiger partial charge in [-0.05, 0) is 61.9 Å². The van der Waals surface area contributed by atoms with Crippen LogP contribution in [-0.2, 0) is 0 Å². The first-order valence-corrected chi connectivity index (χ1v) is 12.0. The molecule has 5 rings (SSSR count). The molecule has 2 heterocycles. The summed E-state index contributed by atoms with van der Waals surface area (Å²) in [6.45, 7) is 4.12. The molecular formula is C26H21Cl3N4O. The highest BCUT2D eigenvalue weighted by molar-refractivity contribution is 6.37. The van der Waals surface area contributed by atoms with Crippen molar-refractivity contribution >= 4 is 46.3 Å². The molecule has 34 heavy (non-hydrogen) atoms. The van der Waals surface area contributed by atoms with Gasteiger partial charge in [-0.3, -0.25) is 4.99 Å². The molecule has 3 atom stereocenters. The Kier molecular flexibility index (Phi) is 6.34. The molecule has 0 saturated carbocycles. The molecule has 3 unspecified atom stereocenters. The highest BCUT2D eigenvalue weighted by Gasteiger charge is 2.39. The number of rotatable bonds is 5. The molecule has 0 fully saturated rings. The lowest BCUT2D eigenvalue weighted by Gasteiger charge is -2.27. The van der Waals surface area contributed by atoms with Crippen LogP contribution in [0.25, 0.3) is 0 Å². The van der Waals surface area contributed by atoms with Crippen molar-refractivity contribution in [3.05, 3.63) is 111 Å². The van der Waals surface area contributed by atoms with Crippen molar-refractivity contribution in [1.29, 1.82) is 0 Å². The smallest absolute Gasteiger partial charge is 0.243 e. The Morgan fingerprint density at radius 2 is 1.59 bits per heavy atom. The van der Waals surface area contributed by atoms with E-state index in [-0.39, 0.29) is 18.0 Å². The number of amidine groups is 1. The Morgan fingerprint density at radius 1 is 0.882 bits per heavy atom. The van der Waals surface area contributed by atoms with E-state index in [1.807, 2.05) is 67.6 Å². The van der Waals surface area contributed by atoms with Crippen molar-refractivity contribution in [2.75, 3.05) is 4.90 Å². The SMILES string of the molecule is CC(c1ccccc1)c1nnc(C2N=C(c3ccc(Cl)cc3Cl)N(c3ccc(Cl)cc3)C2C)o1. The monoisotopic (exact) mass is 510 g/mol. The summed E-state index contributed by atoms with van der Waals surface area (Å²) in [5, 5.41) is 10.5. The van der Waals surface area contributed by atoms with Gasteiger partial charge in [0.25, 0.3) is 0 Å². The Balaban J connectivity index is 1.55. The average molecular weight is 512 g/mol. The van der Waals surface area contributed by atoms with Gasteiger partial charge in [-0.2, -0.15) is 0 Å². The Labute approximate surface area is 213 Å². The molecule has 0 spiro atoms. The summed E-state index contributed by atoms with van der Waals surface area (Å²) in [7, 11) is 0. The van der Waals surface area contributed by atoms with Crippen LogP contribution in [0.4, 0.5) is 5.69 Å². The Bertz CT molecular complexity index is 1340. The van der Waals surface area contributed by atoms with Crippen LogP contribution in [-0.4, -0.2) is 22.1 Å². The van der Waals surface area contributed by atoms with Crippen LogP contribution in [0.5, 0.6) is 0 Å². The third kappa shape index (κ3) is 4.31. The van der Waals surface area contributed by atoms with Crippen LogP contribution in [0.3, 0.4) is 0 Å². The molecule has 172 valence electrons. The minimum atomic E-state index is -0.373. The van der Waals surface area contributed by atoms with Crippen molar-refractivity contribution < 1.29 is 4.42 Å². The molecule has 5 nitrogen and oxygen atoms in total. The minimum Gasteiger partial charge on any atom is -0.422 e. The molecule has 0 amide bonds. The topological polar surface area (TPSA) is 54.5 Å². The van der Waals surface area contributed by atoms with E-state index in [0.29, 0.717) is 32.7 Å². The highest BCUT2D eigenvalue weighted by Crippen LogP contribution is 2.38. The maximum absolute atomic E-state index is 6.58. The molecule has 0 saturated heterocycles. The number of nitrogens with zero attached hydrogens (tertiary/aromatic N) is 4. The van der Waals surface area contributed by atoms with E-state index in [1.165, 1.54) is 0 Å². The van der Waals surface area contributed by atoms with E-state index in [9.17, 15) is 0 Å². The minimum absolute atomic E-state index is 0.0271. The van der Waals surface area contributed by atoms with Crippen LogP contribution < -0.4 is 4.90 Å². The average Bonchev–Trinajstić information content (AvgIpc) is 3.45. The zero-order valence-corrected chi connectivity index (χ0v) is 20.8. The molecule has 8 heteroatoms. The fraction of sp³-hybridized carbons (Fsp3) is 0.192. The van der Waals surface area contributed by atoms with Crippen LogP contribution in [0, 0.1) is 0 Å². The largest absolute Gasteiger partial charge is 0.422 e. The Morgan fingerprint density at radius 3 is 2.29 bits per heavy atom. The number of hydrogen-bond donors (Lipinski definition) is 0. The van der Waals surface area contributed by atoms with Crippen molar-refractivity contribution in [3.63, 3.8) is 0 Å². The normalized spacial score (nSPS) is 18.7. The van der Waals surface area contributed by atoms with Gasteiger partial charge in [0, 0.05) is 21.3 Å². The number of aromatic nitrogens is 2. The van der Waals surface area contributed by atoms with Crippen LogP contribution >= 0.6 is 34.8 Å². The van der Waals surface area contributed by atoms with Gasteiger partial charge < -0.3 is 9.32 Å². The van der Waals surface area contributed by atoms with Gasteiger partial charge in [0.2, 0.25) is 11.8 Å². The maximum Gasteiger partial charge on any atom is 0.243 e. The second-order valence-electron chi connectivity index (χ2n) is 8.22. The number of aliphatic imine (C=N–C) groups is 1. The lowest BCUT2D eigenvalue weighted by Crippen LogP contribution is -2.36. The van der Waals surface area contributed by atoms with Gasteiger partial charge in [-0.1, -0.05) is 65.1 Å². The molecule has 0 aliphatic carbocycles. The summed E-state index contributed by atoms with van der Waals surface area (Å²) in [5.74, 6) is 1.70. The number of benzene rings is 3. The third-order valence-corrected chi connectivity index (χ3v) is 6.81.